The van der Waals surface area contributed by atoms with E-state index in [4.69, 9.17) is 19.3 Å². The molecule has 1 aliphatic heterocycles. The molecule has 0 bridgehead atoms. The lowest BCUT2D eigenvalue weighted by Crippen LogP contribution is -2.49. The van der Waals surface area contributed by atoms with Gasteiger partial charge < -0.3 is 34.4 Å². The molecule has 1 fully saturated rings. The monoisotopic (exact) mass is 548 g/mol. The second-order valence-corrected chi connectivity index (χ2v) is 11.5. The van der Waals surface area contributed by atoms with Gasteiger partial charge in [-0.15, -0.1) is 0 Å². The lowest BCUT2D eigenvalue weighted by molar-refractivity contribution is -0.873. The number of nitrogens with zero attached hydrogens (tertiary/aromatic N) is 1. The van der Waals surface area contributed by atoms with Gasteiger partial charge in [0.15, 0.2) is 17.3 Å². The number of carboxylic acids is 1. The summed E-state index contributed by atoms with van der Waals surface area (Å²) in [6.45, 7) is 3.13. The summed E-state index contributed by atoms with van der Waals surface area (Å²) in [5.41, 5.74) is -1.24. The first-order valence-electron chi connectivity index (χ1n) is 11.8. The summed E-state index contributed by atoms with van der Waals surface area (Å²) in [4.78, 5) is 72.7. The van der Waals surface area contributed by atoms with Crippen molar-refractivity contribution < 1.29 is 52.6 Å². The first kappa shape index (κ1) is 32.2. The smallest absolute Gasteiger partial charge is 0.481 e. The second-order valence-electron chi connectivity index (χ2n) is 10.3. The van der Waals surface area contributed by atoms with Gasteiger partial charge in [-0.2, -0.15) is 0 Å². The second kappa shape index (κ2) is 14.8. The number of thioether (sulfide) groups is 1. The topological polar surface area (TPSA) is 174 Å². The number of cyclic esters (lactones) is 1. The Bertz CT molecular complexity index is 856. The fraction of sp³-hybridized carbons (Fsp3) is 0.739. The van der Waals surface area contributed by atoms with Crippen LogP contribution < -0.4 is 10.6 Å². The zero-order valence-corrected chi connectivity index (χ0v) is 22.8. The SMILES string of the molecule is CC(C)(COC(=O)O[C@H](CC(=O)O)C[N+](C)(C)C)[C@H]1OC(=O)CCC(=O)SCCNC(=O)CCNC1=O. The van der Waals surface area contributed by atoms with Crippen LogP contribution in [0.25, 0.3) is 0 Å². The van der Waals surface area contributed by atoms with Crippen molar-refractivity contribution in [2.75, 3.05) is 53.1 Å². The van der Waals surface area contributed by atoms with Crippen molar-refractivity contribution in [3.8, 4) is 0 Å². The summed E-state index contributed by atoms with van der Waals surface area (Å²) in [6.07, 6.45) is -4.28. The van der Waals surface area contributed by atoms with Crippen molar-refractivity contribution in [2.24, 2.45) is 5.41 Å². The van der Waals surface area contributed by atoms with Crippen LogP contribution in [-0.2, 0) is 38.2 Å². The Kier molecular flexibility index (Phi) is 12.8. The van der Waals surface area contributed by atoms with Crippen molar-refractivity contribution in [2.45, 2.75) is 51.7 Å². The number of hydrogen-bond donors (Lipinski definition) is 3. The highest BCUT2D eigenvalue weighted by atomic mass is 32.2. The predicted octanol–water partition coefficient (Wildman–Crippen LogP) is 0.303. The maximum absolute atomic E-state index is 12.9. The molecule has 2 atom stereocenters. The Morgan fingerprint density at radius 2 is 1.78 bits per heavy atom. The molecule has 0 aromatic carbocycles. The number of rotatable bonds is 8. The van der Waals surface area contributed by atoms with Gasteiger partial charge in [0.25, 0.3) is 5.91 Å². The van der Waals surface area contributed by atoms with Crippen molar-refractivity contribution in [3.05, 3.63) is 0 Å². The van der Waals surface area contributed by atoms with Crippen LogP contribution in [-0.4, -0.2) is 110 Å². The number of hydrogen-bond acceptors (Lipinski definition) is 10. The molecule has 0 saturated carbocycles. The number of esters is 1. The highest BCUT2D eigenvalue weighted by Crippen LogP contribution is 2.26. The molecule has 210 valence electrons. The molecule has 3 N–H and O–H groups in total. The van der Waals surface area contributed by atoms with E-state index >= 15 is 0 Å². The number of quaternary nitrogens is 1. The van der Waals surface area contributed by atoms with Gasteiger partial charge in [0.05, 0.1) is 34.0 Å². The fourth-order valence-corrected chi connectivity index (χ4v) is 3.99. The number of carbonyl (C=O) groups is 6. The van der Waals surface area contributed by atoms with Gasteiger partial charge in [-0.3, -0.25) is 24.0 Å². The number of ether oxygens (including phenoxy) is 3. The first-order valence-corrected chi connectivity index (χ1v) is 12.8. The maximum Gasteiger partial charge on any atom is 0.508 e. The van der Waals surface area contributed by atoms with Gasteiger partial charge in [-0.05, 0) is 0 Å². The quantitative estimate of drug-likeness (QED) is 0.281. The summed E-state index contributed by atoms with van der Waals surface area (Å²) in [5, 5.41) is 14.0. The van der Waals surface area contributed by atoms with Crippen LogP contribution in [0.2, 0.25) is 0 Å². The first-order chi connectivity index (χ1) is 17.1. The van der Waals surface area contributed by atoms with E-state index in [9.17, 15) is 28.8 Å². The Labute approximate surface area is 220 Å². The summed E-state index contributed by atoms with van der Waals surface area (Å²) in [7, 11) is 5.43. The Morgan fingerprint density at radius 1 is 1.11 bits per heavy atom. The largest absolute Gasteiger partial charge is 0.508 e. The minimum atomic E-state index is -1.41. The van der Waals surface area contributed by atoms with E-state index in [1.807, 2.05) is 21.1 Å². The van der Waals surface area contributed by atoms with E-state index in [2.05, 4.69) is 10.6 Å². The molecule has 14 heteroatoms. The average molecular weight is 549 g/mol. The Hall–Kier alpha value is -2.87. The standard InChI is InChI=1S/C23H37N3O10S/c1-23(2,14-34-22(33)35-15(12-17(28)29)13-26(3,4)5)20-21(32)25-9-8-16(27)24-10-11-37-19(31)7-6-18(30)36-20/h15,20H,6-14H2,1-5H3,(H2-,24,25,27,28,29,32)/p+1/t15-,20+/m1/s1. The van der Waals surface area contributed by atoms with Gasteiger partial charge in [-0.25, -0.2) is 4.79 Å². The maximum atomic E-state index is 12.9. The lowest BCUT2D eigenvalue weighted by Gasteiger charge is -2.32. The van der Waals surface area contributed by atoms with Crippen LogP contribution in [0.15, 0.2) is 0 Å². The summed E-state index contributed by atoms with van der Waals surface area (Å²) in [6, 6.07) is 0. The lowest BCUT2D eigenvalue weighted by atomic mass is 9.86. The number of carboxylic acid groups (broad SMARTS) is 1. The number of likely N-dealkylation sites (N-methyl/N-ethyl adjacent to an activating group) is 1. The van der Waals surface area contributed by atoms with Crippen LogP contribution >= 0.6 is 11.8 Å². The van der Waals surface area contributed by atoms with Crippen molar-refractivity contribution in [1.29, 1.82) is 0 Å². The number of carbonyl (C=O) groups excluding carboxylic acids is 5. The van der Waals surface area contributed by atoms with Gasteiger partial charge in [0.1, 0.15) is 13.2 Å². The molecular weight excluding hydrogens is 510 g/mol. The summed E-state index contributed by atoms with van der Waals surface area (Å²) in [5.74, 6) is -2.58. The number of aliphatic carboxylic acids is 1. The molecule has 13 nitrogen and oxygen atoms in total. The summed E-state index contributed by atoms with van der Waals surface area (Å²) >= 11 is 0.989. The molecular formula is C23H38N3O10S+. The molecule has 0 aromatic rings. The molecule has 1 aliphatic rings. The highest BCUT2D eigenvalue weighted by Gasteiger charge is 2.40. The highest BCUT2D eigenvalue weighted by molar-refractivity contribution is 8.13. The van der Waals surface area contributed by atoms with Gasteiger partial charge in [-0.1, -0.05) is 25.6 Å². The summed E-state index contributed by atoms with van der Waals surface area (Å²) < 4.78 is 16.1. The molecule has 1 heterocycles. The third-order valence-corrected chi connectivity index (χ3v) is 5.98. The zero-order chi connectivity index (χ0) is 28.2. The van der Waals surface area contributed by atoms with E-state index in [0.29, 0.717) is 10.2 Å². The molecule has 0 radical (unpaired) electrons. The molecule has 0 unspecified atom stereocenters. The third-order valence-electron chi connectivity index (χ3n) is 5.05. The van der Waals surface area contributed by atoms with Crippen molar-refractivity contribution in [1.82, 2.24) is 10.6 Å². The minimum Gasteiger partial charge on any atom is -0.481 e. The van der Waals surface area contributed by atoms with Crippen LogP contribution in [0.3, 0.4) is 0 Å². The third kappa shape index (κ3) is 13.9. The van der Waals surface area contributed by atoms with Crippen molar-refractivity contribution in [3.63, 3.8) is 0 Å². The van der Waals surface area contributed by atoms with Crippen LogP contribution in [0, 0.1) is 5.41 Å². The van der Waals surface area contributed by atoms with Crippen LogP contribution in [0.1, 0.15) is 39.5 Å². The molecule has 0 aromatic heterocycles. The van der Waals surface area contributed by atoms with Gasteiger partial charge >= 0.3 is 18.1 Å². The fourth-order valence-electron chi connectivity index (χ4n) is 3.31. The van der Waals surface area contributed by atoms with E-state index in [0.717, 1.165) is 11.8 Å². The van der Waals surface area contributed by atoms with Crippen LogP contribution in [0.5, 0.6) is 0 Å². The van der Waals surface area contributed by atoms with E-state index in [-0.39, 0.29) is 49.9 Å². The number of amides is 2. The molecule has 1 rings (SSSR count). The van der Waals surface area contributed by atoms with Gasteiger partial charge in [0.2, 0.25) is 5.91 Å². The van der Waals surface area contributed by atoms with E-state index in [1.54, 1.807) is 0 Å². The predicted molar refractivity (Wildman–Crippen MR) is 132 cm³/mol. The Balaban J connectivity index is 2.91. The normalized spacial score (nSPS) is 19.9. The molecule has 1 saturated heterocycles. The molecule has 0 aliphatic carbocycles. The van der Waals surface area contributed by atoms with E-state index < -0.39 is 54.7 Å². The van der Waals surface area contributed by atoms with Gasteiger partial charge in [0, 0.05) is 37.1 Å². The average Bonchev–Trinajstić information content (AvgIpc) is 2.75. The van der Waals surface area contributed by atoms with Crippen molar-refractivity contribution >= 4 is 46.8 Å². The number of nitrogens with one attached hydrogen (secondary N) is 2. The molecule has 37 heavy (non-hydrogen) atoms. The Morgan fingerprint density at radius 3 is 2.41 bits per heavy atom. The van der Waals surface area contributed by atoms with E-state index in [1.165, 1.54) is 13.8 Å². The zero-order valence-electron chi connectivity index (χ0n) is 22.0. The molecule has 0 spiro atoms. The minimum absolute atomic E-state index is 0.0221. The molecule has 2 amide bonds. The van der Waals surface area contributed by atoms with Crippen LogP contribution in [0.4, 0.5) is 4.79 Å².